The Morgan fingerprint density at radius 3 is 2.55 bits per heavy atom. The van der Waals surface area contributed by atoms with Crippen LogP contribution in [-0.4, -0.2) is 51.9 Å². The molecule has 9 heteroatoms. The highest BCUT2D eigenvalue weighted by Crippen LogP contribution is 2.13. The number of piperidine rings is 1. The molecule has 0 unspecified atom stereocenters. The van der Waals surface area contributed by atoms with Gasteiger partial charge < -0.3 is 14.5 Å². The van der Waals surface area contributed by atoms with E-state index < -0.39 is 12.1 Å². The fourth-order valence-electron chi connectivity index (χ4n) is 3.11. The number of carboxylic acid groups (broad SMARTS) is 1. The average Bonchev–Trinajstić information content (AvgIpc) is 3.09. The summed E-state index contributed by atoms with van der Waals surface area (Å²) in [5.41, 5.74) is 2.50. The fourth-order valence-corrected chi connectivity index (χ4v) is 3.11. The third kappa shape index (κ3) is 8.64. The number of rotatable bonds is 6. The second-order valence-corrected chi connectivity index (χ2v) is 7.08. The average molecular weight is 413 g/mol. The molecule has 1 N–H and O–H groups in total. The summed E-state index contributed by atoms with van der Waals surface area (Å²) in [4.78, 5) is 16.0. The molecule has 6 nitrogen and oxygen atoms in total. The minimum Gasteiger partial charge on any atom is -0.475 e. The quantitative estimate of drug-likeness (QED) is 0.771. The molecule has 1 aromatic heterocycles. The number of aryl methyl sites for hydroxylation is 2. The van der Waals surface area contributed by atoms with Crippen LogP contribution in [0.25, 0.3) is 0 Å². The van der Waals surface area contributed by atoms with Crippen molar-refractivity contribution in [2.45, 2.75) is 51.6 Å². The topological polar surface area (TPSA) is 79.5 Å². The Labute approximate surface area is 167 Å². The zero-order chi connectivity index (χ0) is 21.3. The Kier molecular flexibility index (Phi) is 8.63. The molecule has 1 aliphatic heterocycles. The highest BCUT2D eigenvalue weighted by Gasteiger charge is 2.38. The monoisotopic (exact) mass is 413 g/mol. The van der Waals surface area contributed by atoms with E-state index in [4.69, 9.17) is 14.4 Å². The molecule has 0 radical (unpaired) electrons. The molecule has 2 aromatic rings. The zero-order valence-electron chi connectivity index (χ0n) is 16.4. The van der Waals surface area contributed by atoms with Gasteiger partial charge in [-0.05, 0) is 51.4 Å². The van der Waals surface area contributed by atoms with Crippen LogP contribution in [0.15, 0.2) is 28.8 Å². The Balaban J connectivity index is 0.000000370. The van der Waals surface area contributed by atoms with Gasteiger partial charge in [-0.1, -0.05) is 41.4 Å². The number of alkyl halides is 3. The molecule has 3 rings (SSSR count). The second kappa shape index (κ2) is 10.9. The first kappa shape index (κ1) is 22.9. The zero-order valence-corrected chi connectivity index (χ0v) is 16.4. The molecule has 160 valence electrons. The molecule has 0 spiro atoms. The molecule has 0 aliphatic carbocycles. The summed E-state index contributed by atoms with van der Waals surface area (Å²) in [5, 5.41) is 11.2. The highest BCUT2D eigenvalue weighted by molar-refractivity contribution is 5.73. The molecule has 0 atom stereocenters. The van der Waals surface area contributed by atoms with Crippen LogP contribution in [0.4, 0.5) is 13.2 Å². The van der Waals surface area contributed by atoms with E-state index in [0.717, 1.165) is 37.5 Å². The van der Waals surface area contributed by atoms with Gasteiger partial charge in [-0.25, -0.2) is 4.79 Å². The molecule has 2 heterocycles. The van der Waals surface area contributed by atoms with Crippen LogP contribution in [0.1, 0.15) is 48.5 Å². The van der Waals surface area contributed by atoms with Gasteiger partial charge in [0.25, 0.3) is 0 Å². The van der Waals surface area contributed by atoms with Crippen LogP contribution in [0.3, 0.4) is 0 Å². The van der Waals surface area contributed by atoms with Crippen molar-refractivity contribution in [1.82, 2.24) is 15.0 Å². The summed E-state index contributed by atoms with van der Waals surface area (Å²) in [6, 6.07) is 8.46. The first-order valence-electron chi connectivity index (χ1n) is 9.63. The maximum Gasteiger partial charge on any atom is 0.490 e. The SMILES string of the molecule is Cc1cccc(Cc2noc(CCCN3CCCCC3)n2)c1.O=C(O)C(F)(F)F. The van der Waals surface area contributed by atoms with E-state index in [1.165, 1.54) is 43.5 Å². The lowest BCUT2D eigenvalue weighted by atomic mass is 10.1. The number of aliphatic carboxylic acids is 1. The van der Waals surface area contributed by atoms with Crippen LogP contribution in [0.2, 0.25) is 0 Å². The van der Waals surface area contributed by atoms with Crippen molar-refractivity contribution in [3.63, 3.8) is 0 Å². The minimum absolute atomic E-state index is 0.747. The predicted octanol–water partition coefficient (Wildman–Crippen LogP) is 4.02. The first-order chi connectivity index (χ1) is 13.7. The molecule has 0 bridgehead atoms. The number of carbonyl (C=O) groups is 1. The largest absolute Gasteiger partial charge is 0.490 e. The number of hydrogen-bond acceptors (Lipinski definition) is 5. The molecule has 1 aromatic carbocycles. The molecular formula is C20H26F3N3O3. The van der Waals surface area contributed by atoms with Crippen molar-refractivity contribution in [2.75, 3.05) is 19.6 Å². The molecule has 0 amide bonds. The molecule has 0 saturated carbocycles. The highest BCUT2D eigenvalue weighted by atomic mass is 19.4. The van der Waals surface area contributed by atoms with Crippen molar-refractivity contribution in [3.05, 3.63) is 47.1 Å². The van der Waals surface area contributed by atoms with Gasteiger partial charge in [0.2, 0.25) is 5.89 Å². The van der Waals surface area contributed by atoms with E-state index in [1.54, 1.807) is 0 Å². The Morgan fingerprint density at radius 2 is 1.93 bits per heavy atom. The van der Waals surface area contributed by atoms with Crippen LogP contribution in [0, 0.1) is 6.92 Å². The lowest BCUT2D eigenvalue weighted by molar-refractivity contribution is -0.192. The van der Waals surface area contributed by atoms with Crippen LogP contribution in [0.5, 0.6) is 0 Å². The van der Waals surface area contributed by atoms with Gasteiger partial charge in [-0.3, -0.25) is 0 Å². The molecule has 29 heavy (non-hydrogen) atoms. The minimum atomic E-state index is -5.08. The summed E-state index contributed by atoms with van der Waals surface area (Å²) in [7, 11) is 0. The van der Waals surface area contributed by atoms with Gasteiger partial charge in [0.1, 0.15) is 0 Å². The second-order valence-electron chi connectivity index (χ2n) is 7.08. The standard InChI is InChI=1S/C18H25N3O.C2HF3O2/c1-15-7-5-8-16(13-15)14-17-19-18(22-20-17)9-6-12-21-10-3-2-4-11-21;3-2(4,5)1(6)7/h5,7-8,13H,2-4,6,9-12,14H2,1H3;(H,6,7). The summed E-state index contributed by atoms with van der Waals surface area (Å²) >= 11 is 0. The van der Waals surface area contributed by atoms with Crippen LogP contribution < -0.4 is 0 Å². The van der Waals surface area contributed by atoms with Crippen LogP contribution in [-0.2, 0) is 17.6 Å². The van der Waals surface area contributed by atoms with Gasteiger partial charge in [0.05, 0.1) is 0 Å². The number of likely N-dealkylation sites (tertiary alicyclic amines) is 1. The number of carboxylic acids is 1. The van der Waals surface area contributed by atoms with Crippen molar-refractivity contribution in [3.8, 4) is 0 Å². The lowest BCUT2D eigenvalue weighted by Gasteiger charge is -2.25. The van der Waals surface area contributed by atoms with E-state index >= 15 is 0 Å². The van der Waals surface area contributed by atoms with Gasteiger partial charge in [0, 0.05) is 12.8 Å². The van der Waals surface area contributed by atoms with Crippen LogP contribution >= 0.6 is 0 Å². The smallest absolute Gasteiger partial charge is 0.475 e. The third-order valence-corrected chi connectivity index (χ3v) is 4.51. The number of nitrogens with zero attached hydrogens (tertiary/aromatic N) is 3. The van der Waals surface area contributed by atoms with Crippen molar-refractivity contribution in [2.24, 2.45) is 0 Å². The van der Waals surface area contributed by atoms with Gasteiger partial charge in [0.15, 0.2) is 5.82 Å². The fraction of sp³-hybridized carbons (Fsp3) is 0.550. The molecular weight excluding hydrogens is 387 g/mol. The maximum atomic E-state index is 10.6. The molecule has 1 fully saturated rings. The van der Waals surface area contributed by atoms with Crippen molar-refractivity contribution in [1.29, 1.82) is 0 Å². The Bertz CT molecular complexity index is 772. The summed E-state index contributed by atoms with van der Waals surface area (Å²) < 4.78 is 37.1. The number of benzene rings is 1. The normalized spacial score (nSPS) is 14.9. The third-order valence-electron chi connectivity index (χ3n) is 4.51. The number of aromatic nitrogens is 2. The molecule has 1 saturated heterocycles. The van der Waals surface area contributed by atoms with Crippen molar-refractivity contribution < 1.29 is 27.6 Å². The predicted molar refractivity (Wildman–Crippen MR) is 101 cm³/mol. The van der Waals surface area contributed by atoms with Crippen molar-refractivity contribution >= 4 is 5.97 Å². The van der Waals surface area contributed by atoms with Gasteiger partial charge >= 0.3 is 12.1 Å². The van der Waals surface area contributed by atoms with E-state index in [9.17, 15) is 13.2 Å². The maximum absolute atomic E-state index is 10.6. The summed E-state index contributed by atoms with van der Waals surface area (Å²) in [6.45, 7) is 5.76. The Hall–Kier alpha value is -2.42. The van der Waals surface area contributed by atoms with Gasteiger partial charge in [-0.15, -0.1) is 0 Å². The summed E-state index contributed by atoms with van der Waals surface area (Å²) in [5.74, 6) is -1.19. The number of halogens is 3. The first-order valence-corrected chi connectivity index (χ1v) is 9.63. The van der Waals surface area contributed by atoms with Gasteiger partial charge in [-0.2, -0.15) is 18.2 Å². The number of hydrogen-bond donors (Lipinski definition) is 1. The molecule has 1 aliphatic rings. The van der Waals surface area contributed by atoms with E-state index in [-0.39, 0.29) is 0 Å². The van der Waals surface area contributed by atoms with E-state index in [2.05, 4.69) is 46.2 Å². The van der Waals surface area contributed by atoms with E-state index in [1.807, 2.05) is 0 Å². The Morgan fingerprint density at radius 1 is 1.24 bits per heavy atom. The summed E-state index contributed by atoms with van der Waals surface area (Å²) in [6.07, 6.45) is 1.74. The van der Waals surface area contributed by atoms with E-state index in [0.29, 0.717) is 0 Å². The lowest BCUT2D eigenvalue weighted by Crippen LogP contribution is -2.30.